The van der Waals surface area contributed by atoms with Crippen molar-refractivity contribution in [2.45, 2.75) is 67.5 Å². The monoisotopic (exact) mass is 728 g/mol. The number of aromatic nitrogens is 4. The molecule has 0 saturated carbocycles. The van der Waals surface area contributed by atoms with Gasteiger partial charge in [-0.1, -0.05) is 108 Å². The van der Waals surface area contributed by atoms with Gasteiger partial charge in [0.05, 0.1) is 23.7 Å². The number of hydrogen-bond donors (Lipinski definition) is 3. The Kier molecular flexibility index (Phi) is 11.9. The molecule has 14 heteroatoms. The number of hydrogen-bond acceptors (Lipinski definition) is 10. The Hall–Kier alpha value is -4.44. The maximum Gasteiger partial charge on any atom is 0.241 e. The van der Waals surface area contributed by atoms with Crippen LogP contribution < -0.4 is 10.0 Å². The van der Waals surface area contributed by atoms with Crippen LogP contribution in [0.1, 0.15) is 52.2 Å². The largest absolute Gasteiger partial charge is 0.392 e. The fourth-order valence-corrected chi connectivity index (χ4v) is 7.71. The average molecular weight is 729 g/mol. The maximum absolute atomic E-state index is 13.5. The van der Waals surface area contributed by atoms with Gasteiger partial charge in [0, 0.05) is 31.3 Å². The smallest absolute Gasteiger partial charge is 0.241 e. The lowest BCUT2D eigenvalue weighted by Gasteiger charge is -2.36. The summed E-state index contributed by atoms with van der Waals surface area (Å²) in [6.45, 7) is 2.03. The molecule has 1 aromatic heterocycles. The summed E-state index contributed by atoms with van der Waals surface area (Å²) < 4.78 is 43.6. The SMILES string of the molecule is Cc1ccc(S(=O)(=O)N[C@H](Cc2ccccc2)C(=O)NCc2ccc([C@@H]3O[C@H](CSc4nnnn4C)C[C@H](c4ccc(CO)cc4)O3)cc2)cc1. The maximum atomic E-state index is 13.5. The normalized spacial score (nSPS) is 18.3. The van der Waals surface area contributed by atoms with Crippen LogP contribution in [0, 0.1) is 6.92 Å². The van der Waals surface area contributed by atoms with Gasteiger partial charge in [-0.2, -0.15) is 4.72 Å². The van der Waals surface area contributed by atoms with Gasteiger partial charge in [-0.05, 0) is 58.2 Å². The van der Waals surface area contributed by atoms with E-state index in [2.05, 4.69) is 25.6 Å². The molecule has 0 radical (unpaired) electrons. The van der Waals surface area contributed by atoms with Gasteiger partial charge < -0.3 is 19.9 Å². The molecule has 1 aliphatic heterocycles. The minimum atomic E-state index is -3.96. The first-order valence-electron chi connectivity index (χ1n) is 16.5. The molecule has 5 aromatic rings. The highest BCUT2D eigenvalue weighted by molar-refractivity contribution is 7.99. The molecule has 0 unspecified atom stereocenters. The number of aliphatic hydroxyl groups excluding tert-OH is 1. The number of ether oxygens (including phenoxy) is 2. The highest BCUT2D eigenvalue weighted by Gasteiger charge is 2.33. The molecular formula is C37H40N6O6S2. The molecule has 1 amide bonds. The zero-order valence-electron chi connectivity index (χ0n) is 28.3. The van der Waals surface area contributed by atoms with Gasteiger partial charge in [0.15, 0.2) is 6.29 Å². The quantitative estimate of drug-likeness (QED) is 0.139. The van der Waals surface area contributed by atoms with E-state index in [0.717, 1.165) is 33.4 Å². The minimum Gasteiger partial charge on any atom is -0.392 e. The Bertz CT molecular complexity index is 1990. The number of tetrazole rings is 1. The molecule has 4 aromatic carbocycles. The Morgan fingerprint density at radius 3 is 2.27 bits per heavy atom. The number of aryl methyl sites for hydroxylation is 2. The van der Waals surface area contributed by atoms with Crippen LogP contribution in [0.2, 0.25) is 0 Å². The number of rotatable bonds is 14. The molecule has 3 N–H and O–H groups in total. The summed E-state index contributed by atoms with van der Waals surface area (Å²) in [4.78, 5) is 13.6. The Labute approximate surface area is 301 Å². The van der Waals surface area contributed by atoms with Crippen molar-refractivity contribution in [2.75, 3.05) is 5.75 Å². The second-order valence-electron chi connectivity index (χ2n) is 12.4. The molecule has 0 spiro atoms. The van der Waals surface area contributed by atoms with Crippen molar-refractivity contribution in [1.29, 1.82) is 0 Å². The molecule has 266 valence electrons. The van der Waals surface area contributed by atoms with Crippen LogP contribution in [0.15, 0.2) is 113 Å². The predicted octanol–water partition coefficient (Wildman–Crippen LogP) is 4.55. The predicted molar refractivity (Wildman–Crippen MR) is 192 cm³/mol. The lowest BCUT2D eigenvalue weighted by atomic mass is 10.0. The van der Waals surface area contributed by atoms with Crippen molar-refractivity contribution in [3.05, 3.63) is 137 Å². The van der Waals surface area contributed by atoms with Crippen LogP contribution in [-0.4, -0.2) is 57.5 Å². The van der Waals surface area contributed by atoms with Gasteiger partial charge in [0.2, 0.25) is 21.1 Å². The molecule has 2 heterocycles. The number of carbonyl (C=O) groups is 1. The molecule has 1 fully saturated rings. The van der Waals surface area contributed by atoms with E-state index < -0.39 is 28.3 Å². The summed E-state index contributed by atoms with van der Waals surface area (Å²) in [6, 6.07) is 30.1. The van der Waals surface area contributed by atoms with Crippen LogP contribution in [0.3, 0.4) is 0 Å². The topological polar surface area (TPSA) is 158 Å². The van der Waals surface area contributed by atoms with E-state index in [9.17, 15) is 18.3 Å². The second kappa shape index (κ2) is 16.7. The molecule has 12 nitrogen and oxygen atoms in total. The van der Waals surface area contributed by atoms with Gasteiger partial charge in [-0.15, -0.1) is 5.10 Å². The Morgan fingerprint density at radius 2 is 1.61 bits per heavy atom. The van der Waals surface area contributed by atoms with Crippen molar-refractivity contribution in [3.8, 4) is 0 Å². The van der Waals surface area contributed by atoms with E-state index in [1.807, 2.05) is 85.8 Å². The van der Waals surface area contributed by atoms with Crippen molar-refractivity contribution < 1.29 is 27.8 Å². The van der Waals surface area contributed by atoms with Crippen LogP contribution >= 0.6 is 11.8 Å². The van der Waals surface area contributed by atoms with Crippen LogP contribution in [0.5, 0.6) is 0 Å². The first-order chi connectivity index (χ1) is 24.7. The van der Waals surface area contributed by atoms with Crippen LogP contribution in [0.4, 0.5) is 0 Å². The van der Waals surface area contributed by atoms with E-state index in [0.29, 0.717) is 17.3 Å². The van der Waals surface area contributed by atoms with E-state index in [-0.39, 0.29) is 36.7 Å². The third-order valence-electron chi connectivity index (χ3n) is 8.54. The van der Waals surface area contributed by atoms with Gasteiger partial charge in [0.25, 0.3) is 0 Å². The summed E-state index contributed by atoms with van der Waals surface area (Å²) in [5.41, 5.74) is 5.20. The number of benzene rings is 4. The lowest BCUT2D eigenvalue weighted by Crippen LogP contribution is -2.47. The number of thioether (sulfide) groups is 1. The number of carbonyl (C=O) groups excluding carboxylic acids is 1. The van der Waals surface area contributed by atoms with Crippen molar-refractivity contribution >= 4 is 27.7 Å². The van der Waals surface area contributed by atoms with Gasteiger partial charge in [0.1, 0.15) is 6.04 Å². The molecule has 1 saturated heterocycles. The van der Waals surface area contributed by atoms with Crippen molar-refractivity contribution in [2.24, 2.45) is 7.05 Å². The van der Waals surface area contributed by atoms with Crippen molar-refractivity contribution in [3.63, 3.8) is 0 Å². The summed E-state index contributed by atoms with van der Waals surface area (Å²) >= 11 is 1.51. The van der Waals surface area contributed by atoms with Gasteiger partial charge >= 0.3 is 0 Å². The number of aliphatic hydroxyl groups is 1. The number of sulfonamides is 1. The summed E-state index contributed by atoms with van der Waals surface area (Å²) in [5, 5.41) is 24.8. The van der Waals surface area contributed by atoms with E-state index in [1.165, 1.54) is 23.9 Å². The highest BCUT2D eigenvalue weighted by Crippen LogP contribution is 2.39. The number of amides is 1. The van der Waals surface area contributed by atoms with Gasteiger partial charge in [-0.25, -0.2) is 13.1 Å². The average Bonchev–Trinajstić information content (AvgIpc) is 3.57. The molecule has 4 atom stereocenters. The second-order valence-corrected chi connectivity index (χ2v) is 15.1. The zero-order chi connectivity index (χ0) is 35.8. The van der Waals surface area contributed by atoms with Crippen LogP contribution in [0.25, 0.3) is 0 Å². The third kappa shape index (κ3) is 9.67. The Balaban J connectivity index is 1.13. The van der Waals surface area contributed by atoms with Crippen molar-refractivity contribution in [1.82, 2.24) is 30.2 Å². The summed E-state index contributed by atoms with van der Waals surface area (Å²) in [5.74, 6) is 0.174. The zero-order valence-corrected chi connectivity index (χ0v) is 29.9. The van der Waals surface area contributed by atoms with E-state index >= 15 is 0 Å². The van der Waals surface area contributed by atoms with Gasteiger partial charge in [-0.3, -0.25) is 4.79 Å². The Morgan fingerprint density at radius 1 is 0.922 bits per heavy atom. The van der Waals surface area contributed by atoms with E-state index in [1.54, 1.807) is 23.9 Å². The first kappa shape index (κ1) is 36.4. The first-order valence-corrected chi connectivity index (χ1v) is 19.0. The summed E-state index contributed by atoms with van der Waals surface area (Å²) in [7, 11) is -2.17. The van der Waals surface area contributed by atoms with Crippen LogP contribution in [-0.2, 0) is 50.9 Å². The molecule has 51 heavy (non-hydrogen) atoms. The minimum absolute atomic E-state index is 0.0356. The molecule has 0 bridgehead atoms. The molecule has 6 rings (SSSR count). The summed E-state index contributed by atoms with van der Waals surface area (Å²) in [6.07, 6.45) is -0.265. The molecule has 0 aliphatic carbocycles. The number of nitrogens with one attached hydrogen (secondary N) is 2. The fourth-order valence-electron chi connectivity index (χ4n) is 5.65. The fraction of sp³-hybridized carbons (Fsp3) is 0.297. The third-order valence-corrected chi connectivity index (χ3v) is 11.2. The van der Waals surface area contributed by atoms with E-state index in [4.69, 9.17) is 9.47 Å². The lowest BCUT2D eigenvalue weighted by molar-refractivity contribution is -0.245. The number of nitrogens with zero attached hydrogens (tertiary/aromatic N) is 4. The molecule has 1 aliphatic rings. The highest BCUT2D eigenvalue weighted by atomic mass is 32.2. The molecular weight excluding hydrogens is 689 g/mol. The standard InChI is InChI=1S/C37H40N6O6S2/c1-25-8-18-32(19-9-25)51(46,47)40-33(20-26-6-4-3-5-7-26)35(45)38-22-27-10-16-30(17-11-27)36-48-31(24-50-37-39-41-42-43(37)2)21-34(49-36)29-14-12-28(23-44)13-15-29/h3-19,31,33-34,36,40,44H,20-24H2,1-2H3,(H,38,45)/t31-,33+,34+,36+/m0/s1.